The van der Waals surface area contributed by atoms with E-state index in [2.05, 4.69) is 10.6 Å². The van der Waals surface area contributed by atoms with Gasteiger partial charge in [-0.15, -0.1) is 0 Å². The molecular weight excluding hydrogens is 389 g/mol. The van der Waals surface area contributed by atoms with Crippen LogP contribution in [-0.4, -0.2) is 48.3 Å². The predicted octanol–water partition coefficient (Wildman–Crippen LogP) is 2.13. The molecule has 2 aromatic rings. The zero-order valence-corrected chi connectivity index (χ0v) is 16.9. The molecule has 30 heavy (non-hydrogen) atoms. The van der Waals surface area contributed by atoms with Gasteiger partial charge in [-0.1, -0.05) is 18.2 Å². The third-order valence-corrected chi connectivity index (χ3v) is 5.33. The van der Waals surface area contributed by atoms with Crippen molar-refractivity contribution in [2.75, 3.05) is 19.6 Å². The van der Waals surface area contributed by atoms with Crippen LogP contribution in [0.2, 0.25) is 0 Å². The molecule has 0 radical (unpaired) electrons. The summed E-state index contributed by atoms with van der Waals surface area (Å²) >= 11 is 0. The summed E-state index contributed by atoms with van der Waals surface area (Å²) < 4.78 is 18.5. The number of rotatable bonds is 7. The molecule has 3 rings (SSSR count). The molecule has 1 aromatic heterocycles. The van der Waals surface area contributed by atoms with Crippen LogP contribution in [0.3, 0.4) is 0 Å². The second kappa shape index (κ2) is 10.0. The number of piperidine rings is 1. The molecule has 2 N–H and O–H groups in total. The molecule has 1 atom stereocenters. The Hall–Kier alpha value is -3.16. The van der Waals surface area contributed by atoms with Gasteiger partial charge < -0.3 is 20.0 Å². The van der Waals surface area contributed by atoms with Crippen molar-refractivity contribution >= 4 is 17.7 Å². The fourth-order valence-corrected chi connectivity index (χ4v) is 3.54. The van der Waals surface area contributed by atoms with Gasteiger partial charge in [0, 0.05) is 25.6 Å². The molecule has 0 spiro atoms. The number of benzene rings is 1. The highest BCUT2D eigenvalue weighted by Crippen LogP contribution is 2.18. The molecule has 0 unspecified atom stereocenters. The summed E-state index contributed by atoms with van der Waals surface area (Å²) in [6.07, 6.45) is 4.26. The first-order valence-corrected chi connectivity index (χ1v) is 10.1. The third kappa shape index (κ3) is 5.46. The van der Waals surface area contributed by atoms with Crippen molar-refractivity contribution in [3.8, 4) is 0 Å². The van der Waals surface area contributed by atoms with Crippen molar-refractivity contribution in [3.05, 3.63) is 59.8 Å². The van der Waals surface area contributed by atoms with Crippen LogP contribution in [0, 0.1) is 11.7 Å². The summed E-state index contributed by atoms with van der Waals surface area (Å²) in [5, 5.41) is 5.52. The lowest BCUT2D eigenvalue weighted by molar-refractivity contribution is -0.136. The number of nitrogens with zero attached hydrogens (tertiary/aromatic N) is 1. The van der Waals surface area contributed by atoms with Gasteiger partial charge in [0.05, 0.1) is 11.8 Å². The first-order valence-electron chi connectivity index (χ1n) is 10.1. The number of likely N-dealkylation sites (tertiary alicyclic amines) is 1. The van der Waals surface area contributed by atoms with E-state index in [1.165, 1.54) is 24.7 Å². The normalized spacial score (nSPS) is 15.5. The molecule has 3 amide bonds. The van der Waals surface area contributed by atoms with Gasteiger partial charge in [-0.05, 0) is 43.9 Å². The first kappa shape index (κ1) is 21.5. The third-order valence-electron chi connectivity index (χ3n) is 5.33. The largest absolute Gasteiger partial charge is 0.472 e. The lowest BCUT2D eigenvalue weighted by atomic mass is 9.95. The zero-order chi connectivity index (χ0) is 21.5. The summed E-state index contributed by atoms with van der Waals surface area (Å²) in [4.78, 5) is 38.7. The van der Waals surface area contributed by atoms with E-state index < -0.39 is 6.04 Å². The predicted molar refractivity (Wildman–Crippen MR) is 108 cm³/mol. The SMILES string of the molecule is C[C@H](NC(=O)c1ccoc1)C(=O)N1CCC(C(=O)NCCc2ccccc2F)CC1. The minimum Gasteiger partial charge on any atom is -0.472 e. The van der Waals surface area contributed by atoms with Gasteiger partial charge in [-0.3, -0.25) is 14.4 Å². The number of hydrogen-bond acceptors (Lipinski definition) is 4. The summed E-state index contributed by atoms with van der Waals surface area (Å²) in [6.45, 7) is 2.92. The molecular formula is C22H26FN3O4. The van der Waals surface area contributed by atoms with E-state index in [4.69, 9.17) is 4.42 Å². The second-order valence-corrected chi connectivity index (χ2v) is 7.44. The maximum atomic E-state index is 13.6. The Bertz CT molecular complexity index is 876. The average Bonchev–Trinajstić information content (AvgIpc) is 3.29. The van der Waals surface area contributed by atoms with Crippen LogP contribution < -0.4 is 10.6 Å². The standard InChI is InChI=1S/C22H26FN3O4/c1-15(25-21(28)18-9-13-30-14-18)22(29)26-11-7-17(8-12-26)20(27)24-10-6-16-4-2-3-5-19(16)23/h2-5,9,13-15,17H,6-8,10-12H2,1H3,(H,24,27)(H,25,28)/t15-/m0/s1. The molecule has 2 heterocycles. The van der Waals surface area contributed by atoms with Gasteiger partial charge in [0.2, 0.25) is 11.8 Å². The maximum absolute atomic E-state index is 13.6. The lowest BCUT2D eigenvalue weighted by Gasteiger charge is -2.33. The minimum absolute atomic E-state index is 0.0697. The Kier molecular flexibility index (Phi) is 7.21. The van der Waals surface area contributed by atoms with E-state index in [1.807, 2.05) is 0 Å². The van der Waals surface area contributed by atoms with Gasteiger partial charge in [0.1, 0.15) is 18.1 Å². The zero-order valence-electron chi connectivity index (χ0n) is 16.9. The van der Waals surface area contributed by atoms with Crippen molar-refractivity contribution in [1.29, 1.82) is 0 Å². The van der Waals surface area contributed by atoms with Crippen LogP contribution in [0.4, 0.5) is 4.39 Å². The number of carbonyl (C=O) groups is 3. The maximum Gasteiger partial charge on any atom is 0.255 e. The average molecular weight is 415 g/mol. The van der Waals surface area contributed by atoms with E-state index in [9.17, 15) is 18.8 Å². The van der Waals surface area contributed by atoms with Gasteiger partial charge in [-0.25, -0.2) is 4.39 Å². The molecule has 1 aliphatic heterocycles. The number of halogens is 1. The van der Waals surface area contributed by atoms with Crippen molar-refractivity contribution in [2.24, 2.45) is 5.92 Å². The molecule has 1 saturated heterocycles. The van der Waals surface area contributed by atoms with Crippen LogP contribution >= 0.6 is 0 Å². The van der Waals surface area contributed by atoms with Gasteiger partial charge >= 0.3 is 0 Å². The highest BCUT2D eigenvalue weighted by atomic mass is 19.1. The van der Waals surface area contributed by atoms with E-state index in [1.54, 1.807) is 30.0 Å². The smallest absolute Gasteiger partial charge is 0.255 e. The number of carbonyl (C=O) groups excluding carboxylic acids is 3. The number of amides is 3. The molecule has 1 aromatic carbocycles. The molecule has 1 aliphatic rings. The van der Waals surface area contributed by atoms with Crippen LogP contribution in [0.5, 0.6) is 0 Å². The highest BCUT2D eigenvalue weighted by Gasteiger charge is 2.30. The quantitative estimate of drug-likeness (QED) is 0.725. The van der Waals surface area contributed by atoms with Crippen molar-refractivity contribution in [1.82, 2.24) is 15.5 Å². The fourth-order valence-electron chi connectivity index (χ4n) is 3.54. The van der Waals surface area contributed by atoms with Crippen LogP contribution in [0.25, 0.3) is 0 Å². The van der Waals surface area contributed by atoms with E-state index in [0.29, 0.717) is 50.0 Å². The van der Waals surface area contributed by atoms with Gasteiger partial charge in [0.25, 0.3) is 5.91 Å². The first-order chi connectivity index (χ1) is 14.5. The Balaban J connectivity index is 1.40. The topological polar surface area (TPSA) is 91.7 Å². The van der Waals surface area contributed by atoms with Gasteiger partial charge in [0.15, 0.2) is 0 Å². The molecule has 0 aliphatic carbocycles. The number of nitrogens with one attached hydrogen (secondary N) is 2. The number of furan rings is 1. The van der Waals surface area contributed by atoms with Gasteiger partial charge in [-0.2, -0.15) is 0 Å². The molecule has 0 saturated carbocycles. The molecule has 160 valence electrons. The summed E-state index contributed by atoms with van der Waals surface area (Å²) in [5.41, 5.74) is 0.935. The van der Waals surface area contributed by atoms with Crippen LogP contribution in [0.15, 0.2) is 47.3 Å². The Labute approximate surface area is 174 Å². The molecule has 0 bridgehead atoms. The van der Waals surface area contributed by atoms with E-state index in [0.717, 1.165) is 0 Å². The summed E-state index contributed by atoms with van der Waals surface area (Å²) in [6, 6.07) is 7.38. The Morgan fingerprint density at radius 3 is 2.60 bits per heavy atom. The van der Waals surface area contributed by atoms with Crippen molar-refractivity contribution in [3.63, 3.8) is 0 Å². The monoisotopic (exact) mass is 415 g/mol. The highest BCUT2D eigenvalue weighted by molar-refractivity contribution is 5.97. The summed E-state index contributed by atoms with van der Waals surface area (Å²) in [7, 11) is 0. The van der Waals surface area contributed by atoms with E-state index in [-0.39, 0.29) is 29.5 Å². The number of hydrogen-bond donors (Lipinski definition) is 2. The Morgan fingerprint density at radius 2 is 1.93 bits per heavy atom. The Morgan fingerprint density at radius 1 is 1.20 bits per heavy atom. The summed E-state index contributed by atoms with van der Waals surface area (Å²) in [5.74, 6) is -1.06. The minimum atomic E-state index is -0.668. The molecule has 1 fully saturated rings. The molecule has 8 heteroatoms. The second-order valence-electron chi connectivity index (χ2n) is 7.44. The molecule has 7 nitrogen and oxygen atoms in total. The fraction of sp³-hybridized carbons (Fsp3) is 0.409. The van der Waals surface area contributed by atoms with Crippen molar-refractivity contribution < 1.29 is 23.2 Å². The van der Waals surface area contributed by atoms with Crippen LogP contribution in [-0.2, 0) is 16.0 Å². The van der Waals surface area contributed by atoms with E-state index >= 15 is 0 Å². The lowest BCUT2D eigenvalue weighted by Crippen LogP contribution is -2.50. The van der Waals surface area contributed by atoms with Crippen LogP contribution in [0.1, 0.15) is 35.7 Å². The van der Waals surface area contributed by atoms with Crippen molar-refractivity contribution in [2.45, 2.75) is 32.2 Å².